The number of benzene rings is 1. The molecule has 4 heteroatoms. The van der Waals surface area contributed by atoms with Gasteiger partial charge in [0.15, 0.2) is 0 Å². The first-order chi connectivity index (χ1) is 6.13. The lowest BCUT2D eigenvalue weighted by atomic mass is 10.2. The first-order valence-electron chi connectivity index (χ1n) is 3.84. The van der Waals surface area contributed by atoms with Crippen LogP contribution in [0.3, 0.4) is 0 Å². The van der Waals surface area contributed by atoms with E-state index in [-0.39, 0.29) is 11.6 Å². The Balaban J connectivity index is 2.94. The second-order valence-corrected chi connectivity index (χ2v) is 2.90. The van der Waals surface area contributed by atoms with Crippen molar-refractivity contribution in [3.05, 3.63) is 28.8 Å². The highest BCUT2D eigenvalue weighted by Gasteiger charge is 2.04. The van der Waals surface area contributed by atoms with Crippen molar-refractivity contribution < 1.29 is 9.84 Å². The van der Waals surface area contributed by atoms with Gasteiger partial charge in [0.25, 0.3) is 0 Å². The third-order valence-electron chi connectivity index (χ3n) is 1.43. The summed E-state index contributed by atoms with van der Waals surface area (Å²) < 4.78 is 4.95. The Morgan fingerprint density at radius 3 is 2.77 bits per heavy atom. The minimum atomic E-state index is 0.0142. The van der Waals surface area contributed by atoms with Crippen molar-refractivity contribution in [1.82, 2.24) is 0 Å². The maximum atomic E-state index is 9.17. The topological polar surface area (TPSA) is 53.3 Å². The van der Waals surface area contributed by atoms with E-state index in [2.05, 4.69) is 0 Å². The number of phenols is 1. The van der Waals surface area contributed by atoms with Gasteiger partial charge in [0.2, 0.25) is 5.90 Å². The van der Waals surface area contributed by atoms with Crippen LogP contribution >= 0.6 is 11.6 Å². The van der Waals surface area contributed by atoms with Crippen LogP contribution in [0, 0.1) is 5.41 Å². The SMILES string of the molecule is CCOC(=N)c1cc(O)cc(Cl)c1. The molecule has 0 saturated heterocycles. The molecule has 1 rings (SSSR count). The van der Waals surface area contributed by atoms with Crippen molar-refractivity contribution in [2.24, 2.45) is 0 Å². The van der Waals surface area contributed by atoms with E-state index in [1.165, 1.54) is 12.1 Å². The summed E-state index contributed by atoms with van der Waals surface area (Å²) in [6.45, 7) is 2.21. The molecule has 0 unspecified atom stereocenters. The Bertz CT molecular complexity index is 305. The summed E-state index contributed by atoms with van der Waals surface area (Å²) in [7, 11) is 0. The van der Waals surface area contributed by atoms with E-state index < -0.39 is 0 Å². The molecule has 0 aromatic heterocycles. The van der Waals surface area contributed by atoms with E-state index in [4.69, 9.17) is 21.7 Å². The second kappa shape index (κ2) is 4.14. The molecule has 1 aromatic carbocycles. The van der Waals surface area contributed by atoms with Gasteiger partial charge in [-0.2, -0.15) is 0 Å². The first kappa shape index (κ1) is 9.86. The molecule has 70 valence electrons. The third-order valence-corrected chi connectivity index (χ3v) is 1.65. The first-order valence-corrected chi connectivity index (χ1v) is 4.22. The Labute approximate surface area is 81.4 Å². The Morgan fingerprint density at radius 2 is 2.23 bits per heavy atom. The lowest BCUT2D eigenvalue weighted by molar-refractivity contribution is 0.325. The summed E-state index contributed by atoms with van der Waals surface area (Å²) in [6.07, 6.45) is 0. The molecule has 0 radical (unpaired) electrons. The average Bonchev–Trinajstić information content (AvgIpc) is 2.03. The summed E-state index contributed by atoms with van der Waals surface area (Å²) in [4.78, 5) is 0. The van der Waals surface area contributed by atoms with E-state index in [1.54, 1.807) is 13.0 Å². The molecule has 0 amide bonds. The normalized spacial score (nSPS) is 9.69. The highest BCUT2D eigenvalue weighted by atomic mass is 35.5. The number of phenolic OH excluding ortho intramolecular Hbond substituents is 1. The minimum absolute atomic E-state index is 0.0142. The Kier molecular flexibility index (Phi) is 3.14. The molecule has 1 aromatic rings. The van der Waals surface area contributed by atoms with Gasteiger partial charge in [0.05, 0.1) is 6.61 Å². The Morgan fingerprint density at radius 1 is 1.54 bits per heavy atom. The number of nitrogens with one attached hydrogen (secondary N) is 1. The molecule has 0 fully saturated rings. The van der Waals surface area contributed by atoms with Crippen LogP contribution in [-0.4, -0.2) is 17.6 Å². The zero-order valence-corrected chi connectivity index (χ0v) is 7.93. The van der Waals surface area contributed by atoms with Gasteiger partial charge >= 0.3 is 0 Å². The zero-order chi connectivity index (χ0) is 9.84. The summed E-state index contributed by atoms with van der Waals surface area (Å²) in [5.41, 5.74) is 0.479. The van der Waals surface area contributed by atoms with Crippen LogP contribution < -0.4 is 0 Å². The van der Waals surface area contributed by atoms with E-state index in [1.807, 2.05) is 0 Å². The fourth-order valence-corrected chi connectivity index (χ4v) is 1.16. The minimum Gasteiger partial charge on any atom is -0.508 e. The van der Waals surface area contributed by atoms with Gasteiger partial charge in [-0.25, -0.2) is 0 Å². The fraction of sp³-hybridized carbons (Fsp3) is 0.222. The van der Waals surface area contributed by atoms with Gasteiger partial charge in [-0.1, -0.05) is 11.6 Å². The van der Waals surface area contributed by atoms with Crippen LogP contribution in [0.25, 0.3) is 0 Å². The maximum Gasteiger partial charge on any atom is 0.213 e. The molecule has 3 nitrogen and oxygen atoms in total. The number of hydrogen-bond acceptors (Lipinski definition) is 3. The third kappa shape index (κ3) is 2.63. The fourth-order valence-electron chi connectivity index (χ4n) is 0.933. The molecule has 0 atom stereocenters. The largest absolute Gasteiger partial charge is 0.508 e. The van der Waals surface area contributed by atoms with Crippen molar-refractivity contribution in [1.29, 1.82) is 5.41 Å². The molecule has 0 saturated carbocycles. The number of ether oxygens (including phenoxy) is 1. The van der Waals surface area contributed by atoms with Crippen molar-refractivity contribution in [2.45, 2.75) is 6.92 Å². The number of aromatic hydroxyl groups is 1. The predicted molar refractivity (Wildman–Crippen MR) is 51.6 cm³/mol. The lowest BCUT2D eigenvalue weighted by Gasteiger charge is -2.05. The summed E-state index contributed by atoms with van der Waals surface area (Å²) in [5.74, 6) is 0.0484. The van der Waals surface area contributed by atoms with E-state index in [0.717, 1.165) is 0 Å². The number of hydrogen-bond donors (Lipinski definition) is 2. The highest BCUT2D eigenvalue weighted by Crippen LogP contribution is 2.20. The zero-order valence-electron chi connectivity index (χ0n) is 7.17. The van der Waals surface area contributed by atoms with Crippen molar-refractivity contribution in [3.63, 3.8) is 0 Å². The lowest BCUT2D eigenvalue weighted by Crippen LogP contribution is -2.04. The van der Waals surface area contributed by atoms with Crippen LogP contribution in [0.1, 0.15) is 12.5 Å². The molecular weight excluding hydrogens is 190 g/mol. The number of rotatable bonds is 2. The maximum absolute atomic E-state index is 9.17. The van der Waals surface area contributed by atoms with Crippen molar-refractivity contribution >= 4 is 17.5 Å². The highest BCUT2D eigenvalue weighted by molar-refractivity contribution is 6.31. The van der Waals surface area contributed by atoms with Crippen LogP contribution in [-0.2, 0) is 4.74 Å². The van der Waals surface area contributed by atoms with Gasteiger partial charge in [-0.3, -0.25) is 5.41 Å². The smallest absolute Gasteiger partial charge is 0.213 e. The summed E-state index contributed by atoms with van der Waals surface area (Å²) >= 11 is 5.68. The quantitative estimate of drug-likeness (QED) is 0.568. The van der Waals surface area contributed by atoms with Crippen LogP contribution in [0.15, 0.2) is 18.2 Å². The van der Waals surface area contributed by atoms with Crippen molar-refractivity contribution in [2.75, 3.05) is 6.61 Å². The van der Waals surface area contributed by atoms with Gasteiger partial charge in [0, 0.05) is 10.6 Å². The monoisotopic (exact) mass is 199 g/mol. The van der Waals surface area contributed by atoms with Gasteiger partial charge < -0.3 is 9.84 Å². The molecule has 0 aliphatic carbocycles. The molecule has 0 bridgehead atoms. The molecule has 0 aliphatic rings. The molecule has 0 spiro atoms. The average molecular weight is 200 g/mol. The van der Waals surface area contributed by atoms with Gasteiger partial charge in [-0.05, 0) is 25.1 Å². The molecule has 2 N–H and O–H groups in total. The standard InChI is InChI=1S/C9H10ClNO2/c1-2-13-9(11)6-3-7(10)5-8(12)4-6/h3-5,11-12H,2H2,1H3. The van der Waals surface area contributed by atoms with Gasteiger partial charge in [-0.15, -0.1) is 0 Å². The van der Waals surface area contributed by atoms with Crippen LogP contribution in [0.5, 0.6) is 5.75 Å². The Hall–Kier alpha value is -1.22. The predicted octanol–water partition coefficient (Wildman–Crippen LogP) is 2.41. The summed E-state index contributed by atoms with van der Waals surface area (Å²) in [6, 6.07) is 4.41. The van der Waals surface area contributed by atoms with Crippen molar-refractivity contribution in [3.8, 4) is 5.75 Å². The molecule has 13 heavy (non-hydrogen) atoms. The van der Waals surface area contributed by atoms with Crippen LogP contribution in [0.2, 0.25) is 5.02 Å². The van der Waals surface area contributed by atoms with E-state index in [9.17, 15) is 5.11 Å². The summed E-state index contributed by atoms with van der Waals surface area (Å²) in [5, 5.41) is 17.0. The molecule has 0 heterocycles. The molecular formula is C9H10ClNO2. The second-order valence-electron chi connectivity index (χ2n) is 2.46. The molecule has 0 aliphatic heterocycles. The van der Waals surface area contributed by atoms with E-state index in [0.29, 0.717) is 17.2 Å². The van der Waals surface area contributed by atoms with Crippen LogP contribution in [0.4, 0.5) is 0 Å². The van der Waals surface area contributed by atoms with E-state index >= 15 is 0 Å². The number of halogens is 1. The van der Waals surface area contributed by atoms with Gasteiger partial charge in [0.1, 0.15) is 5.75 Å².